The molecule has 0 radical (unpaired) electrons. The number of halogens is 2. The van der Waals surface area contributed by atoms with Gasteiger partial charge in [0.25, 0.3) is 5.91 Å². The Kier molecular flexibility index (Phi) is 8.38. The van der Waals surface area contributed by atoms with Crippen LogP contribution in [0.25, 0.3) is 0 Å². The van der Waals surface area contributed by atoms with Crippen molar-refractivity contribution in [1.29, 1.82) is 5.26 Å². The fraction of sp³-hybridized carbons (Fsp3) is 0.333. The molecule has 0 fully saturated rings. The second-order valence-electron chi connectivity index (χ2n) is 4.46. The lowest BCUT2D eigenvalue weighted by atomic mass is 10.2. The lowest BCUT2D eigenvalue weighted by Gasteiger charge is -2.07. The van der Waals surface area contributed by atoms with Crippen LogP contribution in [-0.4, -0.2) is 24.2 Å². The lowest BCUT2D eigenvalue weighted by molar-refractivity contribution is -0.112. The van der Waals surface area contributed by atoms with Gasteiger partial charge in [-0.25, -0.2) is 0 Å². The largest absolute Gasteiger partial charge is 0.396 e. The first kappa shape index (κ1) is 18.3. The van der Waals surface area contributed by atoms with E-state index in [1.165, 1.54) is 6.20 Å². The van der Waals surface area contributed by atoms with Gasteiger partial charge in [-0.05, 0) is 31.4 Å². The number of aliphatic hydroxyl groups is 1. The molecule has 0 heterocycles. The van der Waals surface area contributed by atoms with E-state index < -0.39 is 5.91 Å². The minimum Gasteiger partial charge on any atom is -0.396 e. The van der Waals surface area contributed by atoms with Gasteiger partial charge in [-0.3, -0.25) is 4.79 Å². The summed E-state index contributed by atoms with van der Waals surface area (Å²) in [4.78, 5) is 12.0. The average Bonchev–Trinajstić information content (AvgIpc) is 2.51. The van der Waals surface area contributed by atoms with Crippen molar-refractivity contribution in [3.63, 3.8) is 0 Å². The summed E-state index contributed by atoms with van der Waals surface area (Å²) in [5.74, 6) is -0.561. The first-order valence-corrected chi connectivity index (χ1v) is 7.55. The molecule has 1 amide bonds. The van der Waals surface area contributed by atoms with E-state index in [1.54, 1.807) is 18.2 Å². The zero-order valence-corrected chi connectivity index (χ0v) is 13.4. The maximum atomic E-state index is 12.0. The highest BCUT2D eigenvalue weighted by Crippen LogP contribution is 2.29. The molecule has 0 bridgehead atoms. The van der Waals surface area contributed by atoms with E-state index in [1.807, 2.05) is 6.07 Å². The Bertz CT molecular complexity index is 583. The monoisotopic (exact) mass is 341 g/mol. The number of carbonyl (C=O) groups excluding carboxylic acids is 1. The first-order valence-electron chi connectivity index (χ1n) is 6.80. The molecule has 0 aliphatic rings. The van der Waals surface area contributed by atoms with E-state index in [0.717, 1.165) is 19.3 Å². The van der Waals surface area contributed by atoms with E-state index >= 15 is 0 Å². The average molecular weight is 342 g/mol. The SMILES string of the molecule is N#C/C(=C/NCCCCCO)C(=O)Nc1cccc(Cl)c1Cl. The van der Waals surface area contributed by atoms with Crippen molar-refractivity contribution in [3.05, 3.63) is 40.0 Å². The van der Waals surface area contributed by atoms with Crippen LogP contribution in [0, 0.1) is 11.3 Å². The quantitative estimate of drug-likeness (QED) is 0.385. The van der Waals surface area contributed by atoms with Crippen LogP contribution >= 0.6 is 23.2 Å². The highest BCUT2D eigenvalue weighted by atomic mass is 35.5. The smallest absolute Gasteiger partial charge is 0.267 e. The highest BCUT2D eigenvalue weighted by Gasteiger charge is 2.12. The number of carbonyl (C=O) groups is 1. The van der Waals surface area contributed by atoms with E-state index in [2.05, 4.69) is 10.6 Å². The molecule has 0 atom stereocenters. The minimum absolute atomic E-state index is 0.0572. The van der Waals surface area contributed by atoms with Gasteiger partial charge in [0.2, 0.25) is 0 Å². The van der Waals surface area contributed by atoms with Crippen LogP contribution < -0.4 is 10.6 Å². The van der Waals surface area contributed by atoms with E-state index in [0.29, 0.717) is 17.3 Å². The third-order valence-electron chi connectivity index (χ3n) is 2.79. The number of rotatable bonds is 8. The molecule has 1 rings (SSSR count). The van der Waals surface area contributed by atoms with Crippen molar-refractivity contribution >= 4 is 34.8 Å². The van der Waals surface area contributed by atoms with Crippen LogP contribution in [0.3, 0.4) is 0 Å². The second-order valence-corrected chi connectivity index (χ2v) is 5.25. The van der Waals surface area contributed by atoms with Crippen molar-refractivity contribution < 1.29 is 9.90 Å². The zero-order chi connectivity index (χ0) is 16.4. The fourth-order valence-corrected chi connectivity index (χ4v) is 1.98. The molecular weight excluding hydrogens is 325 g/mol. The van der Waals surface area contributed by atoms with E-state index in [4.69, 9.17) is 33.6 Å². The maximum absolute atomic E-state index is 12.0. The van der Waals surface area contributed by atoms with Crippen LogP contribution in [0.2, 0.25) is 10.0 Å². The van der Waals surface area contributed by atoms with Crippen molar-refractivity contribution in [1.82, 2.24) is 5.32 Å². The standard InChI is InChI=1S/C15H17Cl2N3O2/c16-12-5-4-6-13(14(12)17)20-15(22)11(9-18)10-19-7-2-1-3-8-21/h4-6,10,19,21H,1-3,7-8H2,(H,20,22)/b11-10-. The summed E-state index contributed by atoms with van der Waals surface area (Å²) in [6.45, 7) is 0.790. The summed E-state index contributed by atoms with van der Waals surface area (Å²) in [7, 11) is 0. The number of unbranched alkanes of at least 4 members (excludes halogenated alkanes) is 2. The van der Waals surface area contributed by atoms with Gasteiger partial charge in [0, 0.05) is 19.4 Å². The minimum atomic E-state index is -0.561. The summed E-state index contributed by atoms with van der Waals surface area (Å²) >= 11 is 11.8. The summed E-state index contributed by atoms with van der Waals surface area (Å²) < 4.78 is 0. The number of aliphatic hydroxyl groups excluding tert-OH is 1. The maximum Gasteiger partial charge on any atom is 0.267 e. The predicted molar refractivity (Wildman–Crippen MR) is 87.7 cm³/mol. The van der Waals surface area contributed by atoms with E-state index in [9.17, 15) is 4.79 Å². The number of benzene rings is 1. The Hall–Kier alpha value is -1.74. The molecule has 0 saturated heterocycles. The third-order valence-corrected chi connectivity index (χ3v) is 3.61. The molecule has 1 aromatic rings. The van der Waals surface area contributed by atoms with Crippen molar-refractivity contribution in [2.24, 2.45) is 0 Å². The van der Waals surface area contributed by atoms with Crippen molar-refractivity contribution in [2.75, 3.05) is 18.5 Å². The molecular formula is C15H17Cl2N3O2. The van der Waals surface area contributed by atoms with Crippen molar-refractivity contribution in [2.45, 2.75) is 19.3 Å². The molecule has 5 nitrogen and oxygen atoms in total. The van der Waals surface area contributed by atoms with Gasteiger partial charge in [0.1, 0.15) is 11.6 Å². The Morgan fingerprint density at radius 1 is 1.32 bits per heavy atom. The second kappa shape index (κ2) is 10.1. The highest BCUT2D eigenvalue weighted by molar-refractivity contribution is 6.44. The molecule has 118 valence electrons. The molecule has 0 aromatic heterocycles. The van der Waals surface area contributed by atoms with Crippen LogP contribution in [-0.2, 0) is 4.79 Å². The van der Waals surface area contributed by atoms with Gasteiger partial charge in [0.05, 0.1) is 15.7 Å². The number of hydrogen-bond acceptors (Lipinski definition) is 4. The number of amides is 1. The number of anilines is 1. The molecule has 1 aromatic carbocycles. The predicted octanol–water partition coefficient (Wildman–Crippen LogP) is 3.09. The molecule has 3 N–H and O–H groups in total. The first-order chi connectivity index (χ1) is 10.6. The Morgan fingerprint density at radius 3 is 2.77 bits per heavy atom. The Morgan fingerprint density at radius 2 is 2.09 bits per heavy atom. The third kappa shape index (κ3) is 5.94. The van der Waals surface area contributed by atoms with Crippen LogP contribution in [0.4, 0.5) is 5.69 Å². The van der Waals surface area contributed by atoms with Gasteiger partial charge in [-0.15, -0.1) is 0 Å². The van der Waals surface area contributed by atoms with Crippen LogP contribution in [0.5, 0.6) is 0 Å². The van der Waals surface area contributed by atoms with Gasteiger partial charge < -0.3 is 15.7 Å². The Balaban J connectivity index is 2.57. The van der Waals surface area contributed by atoms with Gasteiger partial charge in [0.15, 0.2) is 0 Å². The summed E-state index contributed by atoms with van der Waals surface area (Å²) in [5, 5.41) is 23.7. The number of nitrogens with one attached hydrogen (secondary N) is 2. The molecule has 0 unspecified atom stereocenters. The fourth-order valence-electron chi connectivity index (χ4n) is 1.63. The molecule has 0 aliphatic heterocycles. The van der Waals surface area contributed by atoms with E-state index in [-0.39, 0.29) is 17.2 Å². The number of nitriles is 1. The molecule has 22 heavy (non-hydrogen) atoms. The molecule has 0 saturated carbocycles. The van der Waals surface area contributed by atoms with Crippen LogP contribution in [0.15, 0.2) is 30.0 Å². The topological polar surface area (TPSA) is 85.2 Å². The van der Waals surface area contributed by atoms with Crippen LogP contribution in [0.1, 0.15) is 19.3 Å². The number of hydrogen-bond donors (Lipinski definition) is 3. The summed E-state index contributed by atoms with van der Waals surface area (Å²) in [5.41, 5.74) is 0.293. The summed E-state index contributed by atoms with van der Waals surface area (Å²) in [6, 6.07) is 6.69. The number of nitrogens with zero attached hydrogens (tertiary/aromatic N) is 1. The molecule has 7 heteroatoms. The lowest BCUT2D eigenvalue weighted by Crippen LogP contribution is -2.17. The van der Waals surface area contributed by atoms with Gasteiger partial charge >= 0.3 is 0 Å². The normalized spacial score (nSPS) is 10.9. The Labute approximate surface area is 139 Å². The molecule has 0 aliphatic carbocycles. The zero-order valence-electron chi connectivity index (χ0n) is 11.9. The summed E-state index contributed by atoms with van der Waals surface area (Å²) in [6.07, 6.45) is 3.83. The van der Waals surface area contributed by atoms with Gasteiger partial charge in [-0.2, -0.15) is 5.26 Å². The van der Waals surface area contributed by atoms with Gasteiger partial charge in [-0.1, -0.05) is 29.3 Å². The van der Waals surface area contributed by atoms with Crippen molar-refractivity contribution in [3.8, 4) is 6.07 Å². The molecule has 0 spiro atoms.